The van der Waals surface area contributed by atoms with Crippen molar-refractivity contribution in [1.29, 1.82) is 0 Å². The zero-order valence-electron chi connectivity index (χ0n) is 15.9. The van der Waals surface area contributed by atoms with E-state index < -0.39 is 0 Å². The van der Waals surface area contributed by atoms with E-state index >= 15 is 0 Å². The molecule has 2 heterocycles. The van der Waals surface area contributed by atoms with E-state index in [2.05, 4.69) is 11.9 Å². The van der Waals surface area contributed by atoms with Crippen LogP contribution >= 0.6 is 0 Å². The number of benzene rings is 2. The predicted molar refractivity (Wildman–Crippen MR) is 105 cm³/mol. The average molecular weight is 366 g/mol. The summed E-state index contributed by atoms with van der Waals surface area (Å²) in [6.07, 6.45) is 0. The predicted octanol–water partition coefficient (Wildman–Crippen LogP) is 2.76. The Kier molecular flexibility index (Phi) is 5.14. The standard InChI is InChI=1S/C22H26N2O3/c1-23-11-16-12-24(13-20(23)15-27-14-16)22(25)18-8-6-17(7-9-18)19-4-3-5-21(10-19)26-2/h3-10,16,20H,11-15H2,1-2H3/t16-,20+/m1/s1. The van der Waals surface area contributed by atoms with E-state index in [1.54, 1.807) is 7.11 Å². The van der Waals surface area contributed by atoms with Gasteiger partial charge in [0, 0.05) is 31.1 Å². The summed E-state index contributed by atoms with van der Waals surface area (Å²) >= 11 is 0. The van der Waals surface area contributed by atoms with Crippen LogP contribution in [0.4, 0.5) is 0 Å². The van der Waals surface area contributed by atoms with Crippen molar-refractivity contribution >= 4 is 5.91 Å². The van der Waals surface area contributed by atoms with Gasteiger partial charge in [-0.25, -0.2) is 0 Å². The lowest BCUT2D eigenvalue weighted by Gasteiger charge is -2.29. The molecule has 0 unspecified atom stereocenters. The summed E-state index contributed by atoms with van der Waals surface area (Å²) in [6.45, 7) is 3.91. The molecular formula is C22H26N2O3. The van der Waals surface area contributed by atoms with Crippen LogP contribution in [0.25, 0.3) is 11.1 Å². The molecule has 5 nitrogen and oxygen atoms in total. The molecule has 0 aliphatic carbocycles. The van der Waals surface area contributed by atoms with E-state index in [0.29, 0.717) is 12.5 Å². The van der Waals surface area contributed by atoms with Gasteiger partial charge in [-0.1, -0.05) is 24.3 Å². The molecule has 27 heavy (non-hydrogen) atoms. The first kappa shape index (κ1) is 18.0. The van der Waals surface area contributed by atoms with Gasteiger partial charge < -0.3 is 14.4 Å². The Labute approximate surface area is 160 Å². The molecule has 2 bridgehead atoms. The largest absolute Gasteiger partial charge is 0.497 e. The Bertz CT molecular complexity index is 805. The Morgan fingerprint density at radius 1 is 1.04 bits per heavy atom. The minimum absolute atomic E-state index is 0.111. The van der Waals surface area contributed by atoms with Gasteiger partial charge in [-0.05, 0) is 42.4 Å². The molecule has 2 aromatic rings. The number of rotatable bonds is 3. The molecule has 0 aromatic heterocycles. The van der Waals surface area contributed by atoms with E-state index in [-0.39, 0.29) is 11.9 Å². The highest BCUT2D eigenvalue weighted by Crippen LogP contribution is 2.25. The van der Waals surface area contributed by atoms with Crippen molar-refractivity contribution < 1.29 is 14.3 Å². The third-order valence-electron chi connectivity index (χ3n) is 5.57. The Morgan fingerprint density at radius 3 is 2.63 bits per heavy atom. The highest BCUT2D eigenvalue weighted by atomic mass is 16.5. The van der Waals surface area contributed by atoms with E-state index in [4.69, 9.17) is 9.47 Å². The van der Waals surface area contributed by atoms with E-state index in [1.165, 1.54) is 0 Å². The summed E-state index contributed by atoms with van der Waals surface area (Å²) in [7, 11) is 3.79. The van der Waals surface area contributed by atoms with Crippen LogP contribution in [-0.2, 0) is 4.74 Å². The number of hydrogen-bond donors (Lipinski definition) is 0. The van der Waals surface area contributed by atoms with Gasteiger partial charge in [0.15, 0.2) is 0 Å². The maximum atomic E-state index is 13.1. The van der Waals surface area contributed by atoms with E-state index in [9.17, 15) is 4.79 Å². The maximum Gasteiger partial charge on any atom is 0.253 e. The number of amides is 1. The van der Waals surface area contributed by atoms with Crippen LogP contribution < -0.4 is 4.74 Å². The molecule has 4 rings (SSSR count). The molecule has 2 aliphatic rings. The van der Waals surface area contributed by atoms with Crippen LogP contribution in [-0.4, -0.2) is 68.8 Å². The molecular weight excluding hydrogens is 340 g/mol. The molecule has 2 saturated heterocycles. The molecule has 0 radical (unpaired) electrons. The van der Waals surface area contributed by atoms with E-state index in [0.717, 1.165) is 48.7 Å². The van der Waals surface area contributed by atoms with Crippen LogP contribution in [0, 0.1) is 5.92 Å². The summed E-state index contributed by atoms with van der Waals surface area (Å²) in [5, 5.41) is 0. The fourth-order valence-electron chi connectivity index (χ4n) is 4.01. The second-order valence-corrected chi connectivity index (χ2v) is 7.52. The lowest BCUT2D eigenvalue weighted by Crippen LogP contribution is -2.44. The van der Waals surface area contributed by atoms with Crippen molar-refractivity contribution in [2.45, 2.75) is 6.04 Å². The van der Waals surface area contributed by atoms with Crippen molar-refractivity contribution in [2.24, 2.45) is 5.92 Å². The van der Waals surface area contributed by atoms with Gasteiger partial charge >= 0.3 is 0 Å². The molecule has 2 aliphatic heterocycles. The molecule has 142 valence electrons. The number of hydrogen-bond acceptors (Lipinski definition) is 4. The molecule has 2 aromatic carbocycles. The number of likely N-dealkylation sites (N-methyl/N-ethyl adjacent to an activating group) is 1. The molecule has 0 N–H and O–H groups in total. The minimum atomic E-state index is 0.111. The summed E-state index contributed by atoms with van der Waals surface area (Å²) in [6, 6.07) is 16.1. The van der Waals surface area contributed by atoms with E-state index in [1.807, 2.05) is 53.4 Å². The van der Waals surface area contributed by atoms with Gasteiger partial charge in [0.25, 0.3) is 5.91 Å². The average Bonchev–Trinajstić information content (AvgIpc) is 2.96. The first-order valence-corrected chi connectivity index (χ1v) is 9.46. The second kappa shape index (κ2) is 7.71. The Hall–Kier alpha value is -2.37. The Morgan fingerprint density at radius 2 is 1.85 bits per heavy atom. The molecule has 1 amide bonds. The number of ether oxygens (including phenoxy) is 2. The molecule has 2 atom stereocenters. The number of methoxy groups -OCH3 is 1. The van der Waals surface area contributed by atoms with Crippen molar-refractivity contribution in [1.82, 2.24) is 9.80 Å². The Balaban J connectivity index is 1.52. The molecule has 0 saturated carbocycles. The van der Waals surface area contributed by atoms with Crippen molar-refractivity contribution in [3.8, 4) is 16.9 Å². The normalized spacial score (nSPS) is 23.0. The lowest BCUT2D eigenvalue weighted by molar-refractivity contribution is 0.0434. The van der Waals surface area contributed by atoms with Crippen LogP contribution in [0.3, 0.4) is 0 Å². The smallest absolute Gasteiger partial charge is 0.253 e. The first-order chi connectivity index (χ1) is 13.1. The minimum Gasteiger partial charge on any atom is -0.497 e. The third-order valence-corrected chi connectivity index (χ3v) is 5.57. The third kappa shape index (κ3) is 3.84. The van der Waals surface area contributed by atoms with Gasteiger partial charge in [0.1, 0.15) is 5.75 Å². The van der Waals surface area contributed by atoms with Gasteiger partial charge in [0.2, 0.25) is 0 Å². The van der Waals surface area contributed by atoms with Crippen LogP contribution in [0.15, 0.2) is 48.5 Å². The van der Waals surface area contributed by atoms with Crippen LogP contribution in [0.2, 0.25) is 0 Å². The molecule has 5 heteroatoms. The number of carbonyl (C=O) groups excluding carboxylic acids is 1. The van der Waals surface area contributed by atoms with Gasteiger partial charge in [0.05, 0.1) is 26.4 Å². The zero-order chi connectivity index (χ0) is 18.8. The fraction of sp³-hybridized carbons (Fsp3) is 0.409. The monoisotopic (exact) mass is 366 g/mol. The van der Waals surface area contributed by atoms with Gasteiger partial charge in [-0.15, -0.1) is 0 Å². The quantitative estimate of drug-likeness (QED) is 0.838. The van der Waals surface area contributed by atoms with Gasteiger partial charge in [-0.3, -0.25) is 9.69 Å². The SMILES string of the molecule is COc1cccc(-c2ccc(C(=O)N3C[C@@H]4COC[C@H](C3)N(C)C4)cc2)c1. The van der Waals surface area contributed by atoms with Gasteiger partial charge in [-0.2, -0.15) is 0 Å². The zero-order valence-corrected chi connectivity index (χ0v) is 15.9. The molecule has 2 fully saturated rings. The number of carbonyl (C=O) groups is 1. The van der Waals surface area contributed by atoms with Crippen LogP contribution in [0.1, 0.15) is 10.4 Å². The first-order valence-electron chi connectivity index (χ1n) is 9.46. The van der Waals surface area contributed by atoms with Crippen molar-refractivity contribution in [3.63, 3.8) is 0 Å². The lowest BCUT2D eigenvalue weighted by atomic mass is 10.0. The second-order valence-electron chi connectivity index (χ2n) is 7.52. The number of nitrogens with zero attached hydrogens (tertiary/aromatic N) is 2. The highest BCUT2D eigenvalue weighted by molar-refractivity contribution is 5.94. The summed E-state index contributed by atoms with van der Waals surface area (Å²) < 4.78 is 11.1. The summed E-state index contributed by atoms with van der Waals surface area (Å²) in [5.74, 6) is 1.32. The molecule has 0 spiro atoms. The topological polar surface area (TPSA) is 42.0 Å². The number of fused-ring (bicyclic) bond motifs is 3. The summed E-state index contributed by atoms with van der Waals surface area (Å²) in [5.41, 5.74) is 2.90. The summed E-state index contributed by atoms with van der Waals surface area (Å²) in [4.78, 5) is 17.4. The maximum absolute atomic E-state index is 13.1. The van der Waals surface area contributed by atoms with Crippen LogP contribution in [0.5, 0.6) is 5.75 Å². The van der Waals surface area contributed by atoms with Crippen molar-refractivity contribution in [2.75, 3.05) is 47.0 Å². The fourth-order valence-corrected chi connectivity index (χ4v) is 4.01. The highest BCUT2D eigenvalue weighted by Gasteiger charge is 2.33. The van der Waals surface area contributed by atoms with Crippen molar-refractivity contribution in [3.05, 3.63) is 54.1 Å².